The molecule has 1 atom stereocenters. The Morgan fingerprint density at radius 2 is 2.00 bits per heavy atom. The summed E-state index contributed by atoms with van der Waals surface area (Å²) in [7, 11) is 0. The molecule has 1 saturated carbocycles. The Morgan fingerprint density at radius 1 is 1.33 bits per heavy atom. The molecule has 1 heterocycles. The van der Waals surface area contributed by atoms with Crippen molar-refractivity contribution in [3.8, 4) is 0 Å². The molecule has 3 heteroatoms. The summed E-state index contributed by atoms with van der Waals surface area (Å²) in [5, 5.41) is 11.3. The van der Waals surface area contributed by atoms with Crippen LogP contribution in [0.3, 0.4) is 0 Å². The van der Waals surface area contributed by atoms with Crippen LogP contribution in [0.5, 0.6) is 0 Å². The molecule has 0 amide bonds. The molecule has 0 radical (unpaired) electrons. The third-order valence-corrected chi connectivity index (χ3v) is 4.26. The monoisotopic (exact) mass is 225 g/mol. The van der Waals surface area contributed by atoms with Gasteiger partial charge in [-0.05, 0) is 25.7 Å². The van der Waals surface area contributed by atoms with Gasteiger partial charge in [0, 0.05) is 6.20 Å². The zero-order valence-corrected chi connectivity index (χ0v) is 10.1. The van der Waals surface area contributed by atoms with Gasteiger partial charge in [0.25, 0.3) is 0 Å². The average Bonchev–Trinajstić information content (AvgIpc) is 2.53. The second-order valence-corrected chi connectivity index (χ2v) is 5.74. The second kappa shape index (κ2) is 5.08. The van der Waals surface area contributed by atoms with Gasteiger partial charge in [0.15, 0.2) is 0 Å². The van der Waals surface area contributed by atoms with Crippen molar-refractivity contribution < 1.29 is 5.11 Å². The van der Waals surface area contributed by atoms with Crippen molar-refractivity contribution in [2.75, 3.05) is 0 Å². The molecule has 15 heavy (non-hydrogen) atoms. The van der Waals surface area contributed by atoms with Gasteiger partial charge in [-0.1, -0.05) is 25.7 Å². The zero-order chi connectivity index (χ0) is 10.7. The lowest BCUT2D eigenvalue weighted by molar-refractivity contribution is 0.102. The molecule has 1 aromatic rings. The first-order chi connectivity index (χ1) is 7.27. The molecular weight excluding hydrogens is 206 g/mol. The standard InChI is InChI=1S/C12H19NOS/c1-9-13-8-11(15-9)12(14)10-6-4-2-3-5-7-10/h8,10,12,14H,2-7H2,1H3. The summed E-state index contributed by atoms with van der Waals surface area (Å²) in [5.41, 5.74) is 0. The summed E-state index contributed by atoms with van der Waals surface area (Å²) >= 11 is 1.64. The van der Waals surface area contributed by atoms with Crippen molar-refractivity contribution in [1.29, 1.82) is 0 Å². The second-order valence-electron chi connectivity index (χ2n) is 4.48. The Morgan fingerprint density at radius 3 is 2.53 bits per heavy atom. The lowest BCUT2D eigenvalue weighted by Gasteiger charge is -2.19. The van der Waals surface area contributed by atoms with Gasteiger partial charge in [-0.15, -0.1) is 11.3 Å². The van der Waals surface area contributed by atoms with Crippen LogP contribution in [-0.4, -0.2) is 10.1 Å². The molecule has 1 aliphatic carbocycles. The maximum absolute atomic E-state index is 10.3. The molecule has 84 valence electrons. The smallest absolute Gasteiger partial charge is 0.0926 e. The van der Waals surface area contributed by atoms with Gasteiger partial charge < -0.3 is 5.11 Å². The first-order valence-electron chi connectivity index (χ1n) is 5.88. The van der Waals surface area contributed by atoms with E-state index >= 15 is 0 Å². The molecule has 2 rings (SSSR count). The topological polar surface area (TPSA) is 33.1 Å². The Hall–Kier alpha value is -0.410. The Balaban J connectivity index is 2.02. The first kappa shape index (κ1) is 11.1. The lowest BCUT2D eigenvalue weighted by Crippen LogP contribution is -2.10. The fraction of sp³-hybridized carbons (Fsp3) is 0.750. The molecule has 1 N–H and O–H groups in total. The van der Waals surface area contributed by atoms with Crippen LogP contribution in [-0.2, 0) is 0 Å². The molecule has 1 unspecified atom stereocenters. The molecule has 0 aromatic carbocycles. The molecular formula is C12H19NOS. The van der Waals surface area contributed by atoms with E-state index in [1.165, 1.54) is 38.5 Å². The van der Waals surface area contributed by atoms with Crippen molar-refractivity contribution in [2.24, 2.45) is 5.92 Å². The van der Waals surface area contributed by atoms with Crippen molar-refractivity contribution >= 4 is 11.3 Å². The van der Waals surface area contributed by atoms with E-state index in [0.717, 1.165) is 9.88 Å². The van der Waals surface area contributed by atoms with Crippen LogP contribution in [0.15, 0.2) is 6.20 Å². The summed E-state index contributed by atoms with van der Waals surface area (Å²) in [6.45, 7) is 1.99. The fourth-order valence-corrected chi connectivity index (χ4v) is 3.24. The summed E-state index contributed by atoms with van der Waals surface area (Å²) < 4.78 is 0. The van der Waals surface area contributed by atoms with Crippen LogP contribution in [0.2, 0.25) is 0 Å². The van der Waals surface area contributed by atoms with E-state index in [-0.39, 0.29) is 6.10 Å². The van der Waals surface area contributed by atoms with E-state index in [4.69, 9.17) is 0 Å². The summed E-state index contributed by atoms with van der Waals surface area (Å²) in [5.74, 6) is 0.465. The summed E-state index contributed by atoms with van der Waals surface area (Å²) in [6.07, 6.45) is 9.16. The largest absolute Gasteiger partial charge is 0.387 e. The molecule has 2 nitrogen and oxygen atoms in total. The third-order valence-electron chi connectivity index (χ3n) is 3.28. The minimum absolute atomic E-state index is 0.269. The Bertz CT molecular complexity index is 302. The van der Waals surface area contributed by atoms with Crippen LogP contribution in [0.25, 0.3) is 0 Å². The minimum Gasteiger partial charge on any atom is -0.387 e. The third kappa shape index (κ3) is 2.79. The van der Waals surface area contributed by atoms with Gasteiger partial charge >= 0.3 is 0 Å². The maximum atomic E-state index is 10.3. The highest BCUT2D eigenvalue weighted by atomic mass is 32.1. The van der Waals surface area contributed by atoms with E-state index in [1.54, 1.807) is 11.3 Å². The highest BCUT2D eigenvalue weighted by Gasteiger charge is 2.23. The van der Waals surface area contributed by atoms with Gasteiger partial charge in [0.2, 0.25) is 0 Å². The Labute approximate surface area is 95.4 Å². The first-order valence-corrected chi connectivity index (χ1v) is 6.69. The molecule has 0 spiro atoms. The van der Waals surface area contributed by atoms with Gasteiger partial charge in [0.05, 0.1) is 16.0 Å². The highest BCUT2D eigenvalue weighted by molar-refractivity contribution is 7.11. The quantitative estimate of drug-likeness (QED) is 0.782. The number of aromatic nitrogens is 1. The molecule has 0 bridgehead atoms. The number of aryl methyl sites for hydroxylation is 1. The summed E-state index contributed by atoms with van der Waals surface area (Å²) in [4.78, 5) is 5.27. The van der Waals surface area contributed by atoms with Crippen LogP contribution in [0.4, 0.5) is 0 Å². The van der Waals surface area contributed by atoms with Gasteiger partial charge in [-0.2, -0.15) is 0 Å². The van der Waals surface area contributed by atoms with E-state index in [2.05, 4.69) is 4.98 Å². The van der Waals surface area contributed by atoms with E-state index in [0.29, 0.717) is 5.92 Å². The molecule has 1 aliphatic rings. The molecule has 1 aromatic heterocycles. The van der Waals surface area contributed by atoms with Crippen LogP contribution in [0, 0.1) is 12.8 Å². The summed E-state index contributed by atoms with van der Waals surface area (Å²) in [6, 6.07) is 0. The number of hydrogen-bond acceptors (Lipinski definition) is 3. The number of thiazole rings is 1. The van der Waals surface area contributed by atoms with Gasteiger partial charge in [-0.3, -0.25) is 0 Å². The number of hydrogen-bond donors (Lipinski definition) is 1. The lowest BCUT2D eigenvalue weighted by atomic mass is 9.93. The molecule has 0 aliphatic heterocycles. The van der Waals surface area contributed by atoms with Crippen LogP contribution >= 0.6 is 11.3 Å². The van der Waals surface area contributed by atoms with E-state index in [9.17, 15) is 5.11 Å². The van der Waals surface area contributed by atoms with E-state index in [1.807, 2.05) is 13.1 Å². The number of aliphatic hydroxyl groups excluding tert-OH is 1. The average molecular weight is 225 g/mol. The number of aliphatic hydroxyl groups is 1. The number of rotatable bonds is 2. The van der Waals surface area contributed by atoms with Crippen LogP contribution < -0.4 is 0 Å². The van der Waals surface area contributed by atoms with Crippen molar-refractivity contribution in [3.05, 3.63) is 16.1 Å². The molecule has 1 fully saturated rings. The predicted molar refractivity (Wildman–Crippen MR) is 63.0 cm³/mol. The maximum Gasteiger partial charge on any atom is 0.0926 e. The normalized spacial score (nSPS) is 21.2. The van der Waals surface area contributed by atoms with Crippen molar-refractivity contribution in [1.82, 2.24) is 4.98 Å². The molecule has 0 saturated heterocycles. The van der Waals surface area contributed by atoms with Crippen LogP contribution in [0.1, 0.15) is 54.5 Å². The van der Waals surface area contributed by atoms with Gasteiger partial charge in [0.1, 0.15) is 0 Å². The zero-order valence-electron chi connectivity index (χ0n) is 9.28. The highest BCUT2D eigenvalue weighted by Crippen LogP contribution is 2.35. The minimum atomic E-state index is -0.269. The van der Waals surface area contributed by atoms with Crippen molar-refractivity contribution in [2.45, 2.75) is 51.6 Å². The fourth-order valence-electron chi connectivity index (χ4n) is 2.37. The van der Waals surface area contributed by atoms with Crippen molar-refractivity contribution in [3.63, 3.8) is 0 Å². The van der Waals surface area contributed by atoms with Gasteiger partial charge in [-0.25, -0.2) is 4.98 Å². The van der Waals surface area contributed by atoms with E-state index < -0.39 is 0 Å². The SMILES string of the molecule is Cc1ncc(C(O)C2CCCCCC2)s1. The number of nitrogens with zero attached hydrogens (tertiary/aromatic N) is 1. The predicted octanol–water partition coefficient (Wildman–Crippen LogP) is 3.46. The Kier molecular flexibility index (Phi) is 3.76.